The Morgan fingerprint density at radius 1 is 1.59 bits per heavy atom. The maximum Gasteiger partial charge on any atom is 0.243 e. The van der Waals surface area contributed by atoms with Gasteiger partial charge in [-0.2, -0.15) is 4.98 Å². The number of rotatable bonds is 4. The second-order valence-corrected chi connectivity index (χ2v) is 4.94. The molecule has 0 bridgehead atoms. The molecule has 1 aliphatic rings. The summed E-state index contributed by atoms with van der Waals surface area (Å²) in [6.45, 7) is 5.28. The largest absolute Gasteiger partial charge is 0.381 e. The molecule has 1 aromatic heterocycles. The summed E-state index contributed by atoms with van der Waals surface area (Å²) in [5.41, 5.74) is 0. The van der Waals surface area contributed by atoms with E-state index in [0.29, 0.717) is 6.42 Å². The smallest absolute Gasteiger partial charge is 0.243 e. The molecule has 1 saturated heterocycles. The van der Waals surface area contributed by atoms with Crippen molar-refractivity contribution >= 4 is 0 Å². The number of piperidine rings is 1. The van der Waals surface area contributed by atoms with Gasteiger partial charge in [0.2, 0.25) is 5.89 Å². The molecule has 3 atom stereocenters. The van der Waals surface area contributed by atoms with Gasteiger partial charge in [0.1, 0.15) is 0 Å². The number of methoxy groups -OCH3 is 1. The number of nitrogens with zero attached hydrogens (tertiary/aromatic N) is 2. The minimum Gasteiger partial charge on any atom is -0.381 e. The van der Waals surface area contributed by atoms with E-state index >= 15 is 0 Å². The molecule has 0 radical (unpaired) electrons. The molecule has 5 nitrogen and oxygen atoms in total. The van der Waals surface area contributed by atoms with Gasteiger partial charge in [-0.3, -0.25) is 0 Å². The van der Waals surface area contributed by atoms with Gasteiger partial charge in [-0.25, -0.2) is 0 Å². The SMILES string of the molecule is COC(C)Cc1noc(C2CC(C)CCN2)n1. The fourth-order valence-electron chi connectivity index (χ4n) is 2.13. The van der Waals surface area contributed by atoms with Crippen molar-refractivity contribution in [2.75, 3.05) is 13.7 Å². The van der Waals surface area contributed by atoms with E-state index in [2.05, 4.69) is 22.4 Å². The van der Waals surface area contributed by atoms with Crippen LogP contribution in [0.3, 0.4) is 0 Å². The van der Waals surface area contributed by atoms with E-state index in [1.54, 1.807) is 7.11 Å². The fraction of sp³-hybridized carbons (Fsp3) is 0.833. The van der Waals surface area contributed by atoms with Crippen LogP contribution in [-0.2, 0) is 11.2 Å². The third-order valence-electron chi connectivity index (χ3n) is 3.32. The van der Waals surface area contributed by atoms with Crippen molar-refractivity contribution in [3.05, 3.63) is 11.7 Å². The lowest BCUT2D eigenvalue weighted by Gasteiger charge is -2.25. The number of hydrogen-bond acceptors (Lipinski definition) is 5. The molecule has 2 rings (SSSR count). The molecule has 96 valence electrons. The van der Waals surface area contributed by atoms with Crippen LogP contribution in [0.25, 0.3) is 0 Å². The molecule has 5 heteroatoms. The normalized spacial score (nSPS) is 27.0. The van der Waals surface area contributed by atoms with Gasteiger partial charge in [0, 0.05) is 13.5 Å². The summed E-state index contributed by atoms with van der Waals surface area (Å²) in [5.74, 6) is 2.17. The van der Waals surface area contributed by atoms with Crippen molar-refractivity contribution in [1.82, 2.24) is 15.5 Å². The van der Waals surface area contributed by atoms with E-state index < -0.39 is 0 Å². The molecule has 0 spiro atoms. The molecule has 2 heterocycles. The van der Waals surface area contributed by atoms with Crippen LogP contribution < -0.4 is 5.32 Å². The van der Waals surface area contributed by atoms with Crippen molar-refractivity contribution in [1.29, 1.82) is 0 Å². The Morgan fingerprint density at radius 2 is 2.41 bits per heavy atom. The summed E-state index contributed by atoms with van der Waals surface area (Å²) in [6.07, 6.45) is 3.11. The fourth-order valence-corrected chi connectivity index (χ4v) is 2.13. The highest BCUT2D eigenvalue weighted by Gasteiger charge is 2.24. The second-order valence-electron chi connectivity index (χ2n) is 4.94. The third-order valence-corrected chi connectivity index (χ3v) is 3.32. The Hall–Kier alpha value is -0.940. The van der Waals surface area contributed by atoms with Gasteiger partial charge < -0.3 is 14.6 Å². The average Bonchev–Trinajstić information content (AvgIpc) is 2.77. The Kier molecular flexibility index (Phi) is 4.12. The predicted molar refractivity (Wildman–Crippen MR) is 63.6 cm³/mol. The van der Waals surface area contributed by atoms with Crippen molar-refractivity contribution < 1.29 is 9.26 Å². The lowest BCUT2D eigenvalue weighted by atomic mass is 9.94. The maximum absolute atomic E-state index is 5.32. The Labute approximate surface area is 102 Å². The number of ether oxygens (including phenoxy) is 1. The van der Waals surface area contributed by atoms with Crippen LogP contribution in [0.1, 0.15) is 44.4 Å². The van der Waals surface area contributed by atoms with E-state index in [9.17, 15) is 0 Å². The van der Waals surface area contributed by atoms with E-state index in [1.165, 1.54) is 6.42 Å². The predicted octanol–water partition coefficient (Wildman–Crippen LogP) is 1.71. The molecule has 1 aliphatic heterocycles. The summed E-state index contributed by atoms with van der Waals surface area (Å²) in [6, 6.07) is 0.220. The summed E-state index contributed by atoms with van der Waals surface area (Å²) < 4.78 is 10.5. The minimum atomic E-state index is 0.124. The van der Waals surface area contributed by atoms with Crippen LogP contribution >= 0.6 is 0 Å². The zero-order valence-corrected chi connectivity index (χ0v) is 10.8. The van der Waals surface area contributed by atoms with Gasteiger partial charge in [0.15, 0.2) is 5.82 Å². The van der Waals surface area contributed by atoms with Crippen molar-refractivity contribution in [3.63, 3.8) is 0 Å². The monoisotopic (exact) mass is 239 g/mol. The van der Waals surface area contributed by atoms with E-state index in [-0.39, 0.29) is 12.1 Å². The molecule has 1 N–H and O–H groups in total. The topological polar surface area (TPSA) is 60.2 Å². The highest BCUT2D eigenvalue weighted by molar-refractivity contribution is 4.96. The number of nitrogens with one attached hydrogen (secondary N) is 1. The van der Waals surface area contributed by atoms with Crippen molar-refractivity contribution in [3.8, 4) is 0 Å². The first-order valence-corrected chi connectivity index (χ1v) is 6.27. The van der Waals surface area contributed by atoms with Gasteiger partial charge in [-0.1, -0.05) is 12.1 Å². The van der Waals surface area contributed by atoms with Crippen LogP contribution in [0.2, 0.25) is 0 Å². The minimum absolute atomic E-state index is 0.124. The van der Waals surface area contributed by atoms with E-state index in [4.69, 9.17) is 9.26 Å². The van der Waals surface area contributed by atoms with Crippen molar-refractivity contribution in [2.45, 2.75) is 45.3 Å². The van der Waals surface area contributed by atoms with Gasteiger partial charge >= 0.3 is 0 Å². The summed E-state index contributed by atoms with van der Waals surface area (Å²) >= 11 is 0. The lowest BCUT2D eigenvalue weighted by Crippen LogP contribution is -2.31. The first-order valence-electron chi connectivity index (χ1n) is 6.27. The molecule has 0 amide bonds. The highest BCUT2D eigenvalue weighted by atomic mass is 16.5. The third kappa shape index (κ3) is 3.26. The van der Waals surface area contributed by atoms with E-state index in [1.807, 2.05) is 6.92 Å². The second kappa shape index (κ2) is 5.60. The zero-order chi connectivity index (χ0) is 12.3. The van der Waals surface area contributed by atoms with Crippen molar-refractivity contribution in [2.24, 2.45) is 5.92 Å². The summed E-state index contributed by atoms with van der Waals surface area (Å²) in [7, 11) is 1.69. The molecule has 1 fully saturated rings. The van der Waals surface area contributed by atoms with Crippen LogP contribution in [0.5, 0.6) is 0 Å². The summed E-state index contributed by atoms with van der Waals surface area (Å²) in [4.78, 5) is 4.44. The molecule has 0 aliphatic carbocycles. The quantitative estimate of drug-likeness (QED) is 0.866. The Bertz CT molecular complexity index is 353. The standard InChI is InChI=1S/C12H21N3O2/c1-8-4-5-13-10(6-8)12-14-11(15-17-12)7-9(2)16-3/h8-10,13H,4-7H2,1-3H3. The van der Waals surface area contributed by atoms with Crippen LogP contribution in [0, 0.1) is 5.92 Å². The van der Waals surface area contributed by atoms with Gasteiger partial charge in [0.05, 0.1) is 12.1 Å². The van der Waals surface area contributed by atoms with Gasteiger partial charge in [-0.15, -0.1) is 0 Å². The Balaban J connectivity index is 1.97. The number of aromatic nitrogens is 2. The maximum atomic E-state index is 5.32. The van der Waals surface area contributed by atoms with Crippen LogP contribution in [0.15, 0.2) is 4.52 Å². The van der Waals surface area contributed by atoms with Crippen LogP contribution in [-0.4, -0.2) is 29.9 Å². The van der Waals surface area contributed by atoms with Crippen LogP contribution in [0.4, 0.5) is 0 Å². The molecule has 17 heavy (non-hydrogen) atoms. The average molecular weight is 239 g/mol. The summed E-state index contributed by atoms with van der Waals surface area (Å²) in [5, 5.41) is 7.42. The first kappa shape index (κ1) is 12.5. The van der Waals surface area contributed by atoms with E-state index in [0.717, 1.165) is 30.6 Å². The molecule has 3 unspecified atom stereocenters. The molecule has 0 saturated carbocycles. The zero-order valence-electron chi connectivity index (χ0n) is 10.8. The molecular formula is C12H21N3O2. The Morgan fingerprint density at radius 3 is 3.12 bits per heavy atom. The van der Waals surface area contributed by atoms with Gasteiger partial charge in [0.25, 0.3) is 0 Å². The molecule has 0 aromatic carbocycles. The highest BCUT2D eigenvalue weighted by Crippen LogP contribution is 2.25. The number of hydrogen-bond donors (Lipinski definition) is 1. The molecular weight excluding hydrogens is 218 g/mol. The lowest BCUT2D eigenvalue weighted by molar-refractivity contribution is 0.116. The molecule has 1 aromatic rings. The first-order chi connectivity index (χ1) is 8.19. The van der Waals surface area contributed by atoms with Gasteiger partial charge in [-0.05, 0) is 32.2 Å².